The van der Waals surface area contributed by atoms with Gasteiger partial charge in [0.2, 0.25) is 0 Å². The normalized spacial score (nSPS) is 15.7. The van der Waals surface area contributed by atoms with Crippen LogP contribution < -0.4 is 0 Å². The molecule has 0 aliphatic heterocycles. The SMILES string of the molecule is C(#CC1C=CC=C1)C1=Cc2cccc3cccc1c23. The summed E-state index contributed by atoms with van der Waals surface area (Å²) in [6.45, 7) is 0. The van der Waals surface area contributed by atoms with Gasteiger partial charge in [0.15, 0.2) is 0 Å². The molecule has 2 aliphatic carbocycles. The van der Waals surface area contributed by atoms with Gasteiger partial charge in [-0.3, -0.25) is 0 Å². The summed E-state index contributed by atoms with van der Waals surface area (Å²) in [4.78, 5) is 0. The monoisotopic (exact) mass is 240 g/mol. The van der Waals surface area contributed by atoms with Gasteiger partial charge in [-0.05, 0) is 28.0 Å². The molecule has 0 saturated carbocycles. The molecule has 2 aliphatic rings. The van der Waals surface area contributed by atoms with E-state index >= 15 is 0 Å². The molecule has 0 aromatic heterocycles. The molecule has 4 rings (SSSR count). The molecule has 0 amide bonds. The predicted octanol–water partition coefficient (Wildman–Crippen LogP) is 4.44. The minimum atomic E-state index is 0.267. The molecule has 0 saturated heterocycles. The highest BCUT2D eigenvalue weighted by Crippen LogP contribution is 2.35. The zero-order valence-corrected chi connectivity index (χ0v) is 10.4. The van der Waals surface area contributed by atoms with Gasteiger partial charge in [-0.1, -0.05) is 72.5 Å². The van der Waals surface area contributed by atoms with Gasteiger partial charge in [0, 0.05) is 5.57 Å². The van der Waals surface area contributed by atoms with Gasteiger partial charge in [-0.25, -0.2) is 0 Å². The highest BCUT2D eigenvalue weighted by molar-refractivity contribution is 6.12. The van der Waals surface area contributed by atoms with E-state index in [4.69, 9.17) is 0 Å². The Balaban J connectivity index is 1.83. The third-order valence-electron chi connectivity index (χ3n) is 3.65. The quantitative estimate of drug-likeness (QED) is 0.597. The molecule has 2 aromatic carbocycles. The first-order chi connectivity index (χ1) is 9.42. The van der Waals surface area contributed by atoms with E-state index in [1.54, 1.807) is 0 Å². The third-order valence-corrected chi connectivity index (χ3v) is 3.65. The Morgan fingerprint density at radius 3 is 2.53 bits per heavy atom. The molecule has 0 spiro atoms. The smallest absolute Gasteiger partial charge is 0.0573 e. The maximum Gasteiger partial charge on any atom is 0.0573 e. The lowest BCUT2D eigenvalue weighted by atomic mass is 10.0. The Labute approximate surface area is 112 Å². The van der Waals surface area contributed by atoms with Crippen LogP contribution >= 0.6 is 0 Å². The lowest BCUT2D eigenvalue weighted by Gasteiger charge is -2.01. The van der Waals surface area contributed by atoms with E-state index in [0.29, 0.717) is 0 Å². The topological polar surface area (TPSA) is 0 Å². The van der Waals surface area contributed by atoms with Gasteiger partial charge in [-0.15, -0.1) is 0 Å². The van der Waals surface area contributed by atoms with Crippen LogP contribution in [0.1, 0.15) is 11.1 Å². The first-order valence-electron chi connectivity index (χ1n) is 6.52. The van der Waals surface area contributed by atoms with Gasteiger partial charge in [-0.2, -0.15) is 0 Å². The molecular weight excluding hydrogens is 228 g/mol. The van der Waals surface area contributed by atoms with Crippen molar-refractivity contribution in [1.82, 2.24) is 0 Å². The number of rotatable bonds is 0. The highest BCUT2D eigenvalue weighted by atomic mass is 14.2. The molecule has 0 fully saturated rings. The van der Waals surface area contributed by atoms with Crippen LogP contribution in [-0.2, 0) is 0 Å². The van der Waals surface area contributed by atoms with E-state index in [-0.39, 0.29) is 5.92 Å². The molecule has 0 atom stereocenters. The first-order valence-corrected chi connectivity index (χ1v) is 6.52. The lowest BCUT2D eigenvalue weighted by Crippen LogP contribution is -1.83. The van der Waals surface area contributed by atoms with Crippen LogP contribution in [0.2, 0.25) is 0 Å². The van der Waals surface area contributed by atoms with E-state index < -0.39 is 0 Å². The van der Waals surface area contributed by atoms with Crippen molar-refractivity contribution in [2.24, 2.45) is 5.92 Å². The van der Waals surface area contributed by atoms with Gasteiger partial charge in [0.1, 0.15) is 0 Å². The Hall–Kier alpha value is -2.52. The van der Waals surface area contributed by atoms with E-state index in [9.17, 15) is 0 Å². The van der Waals surface area contributed by atoms with Crippen LogP contribution in [0.3, 0.4) is 0 Å². The standard InChI is InChI=1S/C19H12/c1-2-6-14(5-1)11-12-16-13-17-9-3-7-15-8-4-10-18(16)19(15)17/h1-10,13-14H. The van der Waals surface area contributed by atoms with Crippen molar-refractivity contribution in [2.45, 2.75) is 0 Å². The van der Waals surface area contributed by atoms with Crippen molar-refractivity contribution in [1.29, 1.82) is 0 Å². The minimum absolute atomic E-state index is 0.267. The van der Waals surface area contributed by atoms with E-state index in [0.717, 1.165) is 5.57 Å². The largest absolute Gasteiger partial charge is 0.0861 e. The first kappa shape index (κ1) is 10.4. The van der Waals surface area contributed by atoms with E-state index in [1.165, 1.54) is 21.9 Å². The molecule has 0 N–H and O–H groups in total. The Morgan fingerprint density at radius 2 is 1.68 bits per heavy atom. The summed E-state index contributed by atoms with van der Waals surface area (Å²) in [5.74, 6) is 6.92. The number of hydrogen-bond acceptors (Lipinski definition) is 0. The fourth-order valence-corrected chi connectivity index (χ4v) is 2.74. The maximum atomic E-state index is 3.34. The van der Waals surface area contributed by atoms with Crippen LogP contribution in [-0.4, -0.2) is 0 Å². The van der Waals surface area contributed by atoms with Crippen molar-refractivity contribution in [3.8, 4) is 11.8 Å². The Morgan fingerprint density at radius 1 is 0.895 bits per heavy atom. The highest BCUT2D eigenvalue weighted by Gasteiger charge is 2.14. The molecule has 19 heavy (non-hydrogen) atoms. The summed E-state index contributed by atoms with van der Waals surface area (Å²) in [5, 5.41) is 2.63. The summed E-state index contributed by atoms with van der Waals surface area (Å²) < 4.78 is 0. The fourth-order valence-electron chi connectivity index (χ4n) is 2.74. The average Bonchev–Trinajstić information content (AvgIpc) is 3.07. The summed E-state index contributed by atoms with van der Waals surface area (Å²) in [5.41, 5.74) is 3.70. The van der Waals surface area contributed by atoms with Crippen molar-refractivity contribution < 1.29 is 0 Å². The zero-order valence-electron chi connectivity index (χ0n) is 10.4. The number of allylic oxidation sites excluding steroid dienone is 5. The molecule has 0 heterocycles. The van der Waals surface area contributed by atoms with Crippen LogP contribution in [0.25, 0.3) is 22.4 Å². The van der Waals surface area contributed by atoms with Crippen LogP contribution in [0.4, 0.5) is 0 Å². The second-order valence-electron chi connectivity index (χ2n) is 4.87. The van der Waals surface area contributed by atoms with Gasteiger partial charge >= 0.3 is 0 Å². The van der Waals surface area contributed by atoms with Crippen molar-refractivity contribution >= 4 is 22.4 Å². The summed E-state index contributed by atoms with van der Waals surface area (Å²) in [6, 6.07) is 12.9. The van der Waals surface area contributed by atoms with Gasteiger partial charge < -0.3 is 0 Å². The Bertz CT molecular complexity index is 803. The number of hydrogen-bond donors (Lipinski definition) is 0. The second kappa shape index (κ2) is 4.00. The number of benzene rings is 2. The molecule has 2 aromatic rings. The molecule has 0 nitrogen and oxygen atoms in total. The lowest BCUT2D eigenvalue weighted by molar-refractivity contribution is 1.15. The average molecular weight is 240 g/mol. The molecule has 0 radical (unpaired) electrons. The van der Waals surface area contributed by atoms with Gasteiger partial charge in [0.25, 0.3) is 0 Å². The van der Waals surface area contributed by atoms with Crippen LogP contribution in [0.5, 0.6) is 0 Å². The summed E-state index contributed by atoms with van der Waals surface area (Å²) >= 11 is 0. The van der Waals surface area contributed by atoms with Gasteiger partial charge in [0.05, 0.1) is 5.92 Å². The van der Waals surface area contributed by atoms with E-state index in [1.807, 2.05) is 0 Å². The molecular formula is C19H12. The second-order valence-corrected chi connectivity index (χ2v) is 4.87. The molecule has 88 valence electrons. The zero-order chi connectivity index (χ0) is 12.7. The fraction of sp³-hybridized carbons (Fsp3) is 0.0526. The van der Waals surface area contributed by atoms with E-state index in [2.05, 4.69) is 78.6 Å². The van der Waals surface area contributed by atoms with Crippen molar-refractivity contribution in [2.75, 3.05) is 0 Å². The predicted molar refractivity (Wildman–Crippen MR) is 81.4 cm³/mol. The molecule has 0 unspecified atom stereocenters. The third kappa shape index (κ3) is 1.63. The maximum absolute atomic E-state index is 3.34. The molecule has 0 heteroatoms. The van der Waals surface area contributed by atoms with Crippen LogP contribution in [0.15, 0.2) is 60.7 Å². The summed E-state index contributed by atoms with van der Waals surface area (Å²) in [6.07, 6.45) is 10.6. The van der Waals surface area contributed by atoms with Crippen molar-refractivity contribution in [3.63, 3.8) is 0 Å². The minimum Gasteiger partial charge on any atom is -0.0861 e. The van der Waals surface area contributed by atoms with Crippen molar-refractivity contribution in [3.05, 3.63) is 71.8 Å². The summed E-state index contributed by atoms with van der Waals surface area (Å²) in [7, 11) is 0. The van der Waals surface area contributed by atoms with Crippen LogP contribution in [0, 0.1) is 17.8 Å². The molecule has 0 bridgehead atoms. The Kier molecular flexibility index (Phi) is 2.19.